The lowest BCUT2D eigenvalue weighted by Gasteiger charge is -2.09. The number of carboxylic acid groups (broad SMARTS) is 1. The molecule has 3 aromatic rings. The number of primary sulfonamides is 1. The van der Waals surface area contributed by atoms with E-state index in [1.165, 1.54) is 13.8 Å². The predicted octanol–water partition coefficient (Wildman–Crippen LogP) is 3.71. The summed E-state index contributed by atoms with van der Waals surface area (Å²) in [5, 5.41) is 22.0. The molecule has 1 heterocycles. The van der Waals surface area contributed by atoms with Crippen molar-refractivity contribution in [3.05, 3.63) is 59.8 Å². The molecule has 0 bridgehead atoms. The zero-order valence-corrected chi connectivity index (χ0v) is 22.5. The highest BCUT2D eigenvalue weighted by Gasteiger charge is 2.23. The van der Waals surface area contributed by atoms with Crippen LogP contribution in [0.1, 0.15) is 37.4 Å². The minimum absolute atomic E-state index is 0.0266. The van der Waals surface area contributed by atoms with Gasteiger partial charge in [-0.2, -0.15) is 0 Å². The van der Waals surface area contributed by atoms with Gasteiger partial charge >= 0.3 is 12.0 Å². The van der Waals surface area contributed by atoms with Crippen LogP contribution < -0.4 is 21.1 Å². The van der Waals surface area contributed by atoms with Crippen LogP contribution in [0.15, 0.2) is 52.7 Å². The Labute approximate surface area is 224 Å². The Morgan fingerprint density at radius 2 is 1.76 bits per heavy atom. The summed E-state index contributed by atoms with van der Waals surface area (Å²) in [4.78, 5) is 36.9. The van der Waals surface area contributed by atoms with Crippen LogP contribution in [-0.4, -0.2) is 42.5 Å². The van der Waals surface area contributed by atoms with Crippen molar-refractivity contribution in [1.82, 2.24) is 10.3 Å². The minimum atomic E-state index is -3.74. The van der Waals surface area contributed by atoms with Crippen LogP contribution in [0.2, 0.25) is 0 Å². The minimum Gasteiger partial charge on any atom is -0.481 e. The average Bonchev–Trinajstić information content (AvgIpc) is 3.56. The third kappa shape index (κ3) is 9.25. The second kappa shape index (κ2) is 12.6. The number of carboxylic acids is 1. The topological polar surface area (TPSA) is 181 Å². The van der Waals surface area contributed by atoms with Crippen LogP contribution in [0.4, 0.5) is 15.6 Å². The summed E-state index contributed by atoms with van der Waals surface area (Å²) in [6.45, 7) is 2.83. The first-order valence-corrected chi connectivity index (χ1v) is 14.0. The number of benzene rings is 2. The molecule has 3 amide bonds. The summed E-state index contributed by atoms with van der Waals surface area (Å²) < 4.78 is 22.0. The third-order valence-corrected chi connectivity index (χ3v) is 7.87. The fourth-order valence-corrected chi connectivity index (χ4v) is 5.23. The Kier molecular flexibility index (Phi) is 9.55. The van der Waals surface area contributed by atoms with Gasteiger partial charge < -0.3 is 21.1 Å². The van der Waals surface area contributed by atoms with Crippen molar-refractivity contribution < 1.29 is 27.9 Å². The fraction of sp³-hybridized carbons (Fsp3) is 0.280. The van der Waals surface area contributed by atoms with Gasteiger partial charge in [0.1, 0.15) is 0 Å². The molecule has 38 heavy (non-hydrogen) atoms. The van der Waals surface area contributed by atoms with E-state index in [4.69, 9.17) is 10.2 Å². The standard InChI is InChI=1S/C19H20N2O3.C6H9N3O3S2/c22-18(23)11-6-13-4-7-14(8-5-13)15-2-1-3-17(12-15)21-19(24)20-16-9-10-16;1-3-5(14(7,11)12)13-6(8-3)9-4(2)10/h1-5,7-8,12,16H,6,9-11H2,(H,22,23)(H2,20,21,24);1-2H3,(H2,7,11,12)(H,8,9,10). The first-order chi connectivity index (χ1) is 17.9. The highest BCUT2D eigenvalue weighted by molar-refractivity contribution is 7.91. The molecule has 6 N–H and O–H groups in total. The van der Waals surface area contributed by atoms with Crippen molar-refractivity contribution in [2.75, 3.05) is 10.6 Å². The molecule has 0 spiro atoms. The van der Waals surface area contributed by atoms with Gasteiger partial charge in [0.25, 0.3) is 0 Å². The number of rotatable bonds is 8. The normalized spacial score (nSPS) is 12.6. The molecule has 13 heteroatoms. The number of aliphatic carboxylic acids is 1. The van der Waals surface area contributed by atoms with Crippen LogP contribution in [0, 0.1) is 6.92 Å². The quantitative estimate of drug-likeness (QED) is 0.279. The molecule has 11 nitrogen and oxygen atoms in total. The highest BCUT2D eigenvalue weighted by atomic mass is 32.2. The number of anilines is 2. The SMILES string of the molecule is CC(=O)Nc1nc(C)c(S(N)(=O)=O)s1.O=C(O)CCc1ccc(-c2cccc(NC(=O)NC3CC3)c2)cc1. The van der Waals surface area contributed by atoms with E-state index >= 15 is 0 Å². The predicted molar refractivity (Wildman–Crippen MR) is 146 cm³/mol. The molecule has 1 aromatic heterocycles. The number of carbonyl (C=O) groups is 3. The maximum atomic E-state index is 11.8. The lowest BCUT2D eigenvalue weighted by atomic mass is 10.0. The first kappa shape index (κ1) is 28.8. The van der Waals surface area contributed by atoms with E-state index in [9.17, 15) is 22.8 Å². The molecule has 2 aromatic carbocycles. The van der Waals surface area contributed by atoms with Gasteiger partial charge in [0.15, 0.2) is 9.34 Å². The van der Waals surface area contributed by atoms with E-state index in [0.29, 0.717) is 18.2 Å². The van der Waals surface area contributed by atoms with Gasteiger partial charge in [0, 0.05) is 25.1 Å². The lowest BCUT2D eigenvalue weighted by molar-refractivity contribution is -0.137. The first-order valence-electron chi connectivity index (χ1n) is 11.7. The summed E-state index contributed by atoms with van der Waals surface area (Å²) in [7, 11) is -3.74. The van der Waals surface area contributed by atoms with Crippen LogP contribution in [0.25, 0.3) is 11.1 Å². The average molecular weight is 560 g/mol. The van der Waals surface area contributed by atoms with E-state index in [0.717, 1.165) is 46.6 Å². The van der Waals surface area contributed by atoms with Gasteiger partial charge in [-0.05, 0) is 55.0 Å². The fourth-order valence-electron chi connectivity index (χ4n) is 3.32. The van der Waals surface area contributed by atoms with Gasteiger partial charge in [0.2, 0.25) is 15.9 Å². The summed E-state index contributed by atoms with van der Waals surface area (Å²) in [6, 6.07) is 15.7. The number of aromatic nitrogens is 1. The van der Waals surface area contributed by atoms with E-state index in [1.54, 1.807) is 0 Å². The molecule has 1 saturated carbocycles. The molecule has 1 aliphatic rings. The maximum Gasteiger partial charge on any atom is 0.319 e. The Balaban J connectivity index is 0.000000244. The van der Waals surface area contributed by atoms with Crippen molar-refractivity contribution >= 4 is 50.1 Å². The summed E-state index contributed by atoms with van der Waals surface area (Å²) in [5.41, 5.74) is 4.07. The molecule has 0 aliphatic heterocycles. The number of aryl methyl sites for hydroxylation is 2. The highest BCUT2D eigenvalue weighted by Crippen LogP contribution is 2.26. The number of nitrogens with zero attached hydrogens (tertiary/aromatic N) is 1. The molecule has 1 aliphatic carbocycles. The van der Waals surface area contributed by atoms with Crippen molar-refractivity contribution in [2.24, 2.45) is 5.14 Å². The number of sulfonamides is 1. The molecule has 1 fully saturated rings. The van der Waals surface area contributed by atoms with Crippen LogP contribution in [0.3, 0.4) is 0 Å². The van der Waals surface area contributed by atoms with Gasteiger partial charge in [-0.3, -0.25) is 9.59 Å². The second-order valence-electron chi connectivity index (χ2n) is 8.66. The van der Waals surface area contributed by atoms with Gasteiger partial charge in [0.05, 0.1) is 5.69 Å². The maximum absolute atomic E-state index is 11.8. The number of thiazole rings is 1. The number of nitrogens with one attached hydrogen (secondary N) is 3. The van der Waals surface area contributed by atoms with E-state index in [-0.39, 0.29) is 27.7 Å². The Morgan fingerprint density at radius 1 is 1.08 bits per heavy atom. The van der Waals surface area contributed by atoms with Crippen LogP contribution in [-0.2, 0) is 26.0 Å². The number of hydrogen-bond donors (Lipinski definition) is 5. The molecular weight excluding hydrogens is 530 g/mol. The second-order valence-corrected chi connectivity index (χ2v) is 11.4. The van der Waals surface area contributed by atoms with E-state index in [1.807, 2.05) is 48.5 Å². The molecule has 0 unspecified atom stereocenters. The summed E-state index contributed by atoms with van der Waals surface area (Å²) >= 11 is 0.839. The molecule has 202 valence electrons. The number of nitrogens with two attached hydrogens (primary N) is 1. The Hall–Kier alpha value is -3.81. The Morgan fingerprint density at radius 3 is 2.32 bits per heavy atom. The molecular formula is C25H29N5O6S2. The third-order valence-electron chi connectivity index (χ3n) is 5.24. The van der Waals surface area contributed by atoms with E-state index < -0.39 is 16.0 Å². The van der Waals surface area contributed by atoms with Gasteiger partial charge in [-0.1, -0.05) is 47.7 Å². The summed E-state index contributed by atoms with van der Waals surface area (Å²) in [5.74, 6) is -1.10. The van der Waals surface area contributed by atoms with Crippen molar-refractivity contribution in [1.29, 1.82) is 0 Å². The molecule has 0 saturated heterocycles. The number of urea groups is 1. The smallest absolute Gasteiger partial charge is 0.319 e. The van der Waals surface area contributed by atoms with Crippen molar-refractivity contribution in [3.8, 4) is 11.1 Å². The largest absolute Gasteiger partial charge is 0.481 e. The lowest BCUT2D eigenvalue weighted by Crippen LogP contribution is -2.30. The molecule has 4 rings (SSSR count). The number of amides is 3. The zero-order valence-electron chi connectivity index (χ0n) is 20.9. The van der Waals surface area contributed by atoms with E-state index in [2.05, 4.69) is 20.9 Å². The summed E-state index contributed by atoms with van der Waals surface area (Å²) in [6.07, 6.45) is 2.77. The molecule has 0 atom stereocenters. The Bertz CT molecular complexity index is 1420. The van der Waals surface area contributed by atoms with Crippen molar-refractivity contribution in [3.63, 3.8) is 0 Å². The molecule has 0 radical (unpaired) electrons. The number of hydrogen-bond acceptors (Lipinski definition) is 7. The monoisotopic (exact) mass is 559 g/mol. The van der Waals surface area contributed by atoms with Gasteiger partial charge in [-0.25, -0.2) is 23.3 Å². The zero-order chi connectivity index (χ0) is 27.9. The van der Waals surface area contributed by atoms with Crippen LogP contribution >= 0.6 is 11.3 Å². The van der Waals surface area contributed by atoms with Crippen molar-refractivity contribution in [2.45, 2.75) is 49.8 Å². The number of carbonyl (C=O) groups excluding carboxylic acids is 2. The van der Waals surface area contributed by atoms with Gasteiger partial charge in [-0.15, -0.1) is 0 Å². The van der Waals surface area contributed by atoms with Crippen LogP contribution in [0.5, 0.6) is 0 Å².